The summed E-state index contributed by atoms with van der Waals surface area (Å²) in [6.07, 6.45) is 3.55. The van der Waals surface area contributed by atoms with Gasteiger partial charge in [0, 0.05) is 0 Å². The molecule has 0 aromatic carbocycles. The van der Waals surface area contributed by atoms with Crippen LogP contribution in [-0.4, -0.2) is 44.6 Å². The van der Waals surface area contributed by atoms with E-state index in [9.17, 15) is 9.90 Å². The first-order chi connectivity index (χ1) is 8.81. The number of carboxylic acids is 1. The van der Waals surface area contributed by atoms with Crippen LogP contribution >= 0.6 is 0 Å². The molecule has 2 rings (SSSR count). The summed E-state index contributed by atoms with van der Waals surface area (Å²) in [5.41, 5.74) is -2.44. The van der Waals surface area contributed by atoms with E-state index in [1.807, 2.05) is 0 Å². The van der Waals surface area contributed by atoms with E-state index in [4.69, 9.17) is 15.2 Å². The average molecular weight is 273 g/mol. The number of nitrogens with one attached hydrogen (secondary N) is 1. The van der Waals surface area contributed by atoms with Gasteiger partial charge in [0.2, 0.25) is 0 Å². The molecule has 19 heavy (non-hydrogen) atoms. The molecular formula is C12H24BNO5. The van der Waals surface area contributed by atoms with Gasteiger partial charge in [-0.15, -0.1) is 0 Å². The second-order valence-electron chi connectivity index (χ2n) is 5.57. The lowest BCUT2D eigenvalue weighted by atomic mass is 9.73. The SMILES string of the molecule is CCC.O=C(O)C12CC(CCB(O)O)CCC1(O)N2. The number of aliphatic hydroxyl groups is 1. The van der Waals surface area contributed by atoms with Gasteiger partial charge in [-0.1, -0.05) is 26.7 Å². The minimum atomic E-state index is -1.34. The fraction of sp³-hybridized carbons (Fsp3) is 0.917. The van der Waals surface area contributed by atoms with E-state index in [2.05, 4.69) is 19.2 Å². The van der Waals surface area contributed by atoms with E-state index in [0.29, 0.717) is 25.7 Å². The van der Waals surface area contributed by atoms with Gasteiger partial charge in [-0.05, 0) is 31.5 Å². The summed E-state index contributed by atoms with van der Waals surface area (Å²) in [4.78, 5) is 11.1. The molecule has 2 aliphatic rings. The molecule has 7 heteroatoms. The molecule has 1 saturated carbocycles. The van der Waals surface area contributed by atoms with Gasteiger partial charge in [0.25, 0.3) is 0 Å². The van der Waals surface area contributed by atoms with Crippen LogP contribution in [0.15, 0.2) is 0 Å². The third kappa shape index (κ3) is 3.48. The smallest absolute Gasteiger partial charge is 0.451 e. The normalized spacial score (nSPS) is 35.7. The summed E-state index contributed by atoms with van der Waals surface area (Å²) in [5.74, 6) is -0.905. The molecule has 5 N–H and O–H groups in total. The van der Waals surface area contributed by atoms with Gasteiger partial charge in [0.15, 0.2) is 5.54 Å². The number of rotatable bonds is 4. The highest BCUT2D eigenvalue weighted by molar-refractivity contribution is 6.40. The van der Waals surface area contributed by atoms with Crippen molar-refractivity contribution in [3.8, 4) is 0 Å². The maximum absolute atomic E-state index is 11.1. The van der Waals surface area contributed by atoms with Crippen LogP contribution in [-0.2, 0) is 4.79 Å². The monoisotopic (exact) mass is 273 g/mol. The van der Waals surface area contributed by atoms with Crippen molar-refractivity contribution in [3.63, 3.8) is 0 Å². The zero-order valence-corrected chi connectivity index (χ0v) is 11.6. The Hall–Kier alpha value is -0.625. The van der Waals surface area contributed by atoms with Crippen LogP contribution in [0.4, 0.5) is 0 Å². The topological polar surface area (TPSA) is 120 Å². The van der Waals surface area contributed by atoms with Crippen molar-refractivity contribution in [1.82, 2.24) is 5.32 Å². The summed E-state index contributed by atoms with van der Waals surface area (Å²) >= 11 is 0. The van der Waals surface area contributed by atoms with E-state index < -0.39 is 24.4 Å². The van der Waals surface area contributed by atoms with Crippen LogP contribution in [0.2, 0.25) is 6.32 Å². The molecule has 2 fully saturated rings. The van der Waals surface area contributed by atoms with Crippen molar-refractivity contribution >= 4 is 13.1 Å². The van der Waals surface area contributed by atoms with E-state index in [1.54, 1.807) is 0 Å². The molecule has 3 atom stereocenters. The lowest BCUT2D eigenvalue weighted by Crippen LogP contribution is -2.40. The van der Waals surface area contributed by atoms with Gasteiger partial charge in [0.1, 0.15) is 5.72 Å². The highest BCUT2D eigenvalue weighted by atomic mass is 16.4. The molecule has 6 nitrogen and oxygen atoms in total. The molecule has 1 saturated heterocycles. The minimum Gasteiger partial charge on any atom is -0.480 e. The molecule has 0 amide bonds. The molecule has 3 unspecified atom stereocenters. The molecule has 110 valence electrons. The molecule has 0 radical (unpaired) electrons. The predicted molar refractivity (Wildman–Crippen MR) is 71.4 cm³/mol. The summed E-state index contributed by atoms with van der Waals surface area (Å²) in [5, 5.41) is 39.1. The van der Waals surface area contributed by atoms with E-state index in [1.165, 1.54) is 6.42 Å². The average Bonchev–Trinajstić information content (AvgIpc) is 2.94. The highest BCUT2D eigenvalue weighted by Gasteiger charge is 2.73. The second-order valence-corrected chi connectivity index (χ2v) is 5.57. The van der Waals surface area contributed by atoms with Crippen molar-refractivity contribution in [1.29, 1.82) is 0 Å². The summed E-state index contributed by atoms with van der Waals surface area (Å²) < 4.78 is 0. The van der Waals surface area contributed by atoms with Gasteiger partial charge in [-0.2, -0.15) is 0 Å². The molecular weight excluding hydrogens is 249 g/mol. The number of fused-ring (bicyclic) bond motifs is 1. The molecule has 0 aromatic heterocycles. The van der Waals surface area contributed by atoms with Crippen molar-refractivity contribution in [2.24, 2.45) is 5.92 Å². The van der Waals surface area contributed by atoms with Gasteiger partial charge in [0.05, 0.1) is 0 Å². The Morgan fingerprint density at radius 3 is 2.47 bits per heavy atom. The lowest BCUT2D eigenvalue weighted by Gasteiger charge is -2.27. The summed E-state index contributed by atoms with van der Waals surface area (Å²) in [6, 6.07) is 0. The zero-order valence-electron chi connectivity index (χ0n) is 11.6. The maximum atomic E-state index is 11.1. The van der Waals surface area contributed by atoms with Gasteiger partial charge >= 0.3 is 13.1 Å². The Bertz CT molecular complexity index is 327. The zero-order chi connectivity index (χ0) is 14.7. The fourth-order valence-corrected chi connectivity index (χ4v) is 2.71. The van der Waals surface area contributed by atoms with Gasteiger partial charge in [-0.3, -0.25) is 10.1 Å². The van der Waals surface area contributed by atoms with Gasteiger partial charge in [-0.25, -0.2) is 0 Å². The number of aliphatic carboxylic acids is 1. The Morgan fingerprint density at radius 2 is 2.00 bits per heavy atom. The van der Waals surface area contributed by atoms with Crippen molar-refractivity contribution in [2.45, 2.75) is 63.5 Å². The predicted octanol–water partition coefficient (Wildman–Crippen LogP) is 0.181. The lowest BCUT2D eigenvalue weighted by molar-refractivity contribution is -0.143. The summed E-state index contributed by atoms with van der Waals surface area (Å²) in [6.45, 7) is 4.25. The molecule has 0 aromatic rings. The highest BCUT2D eigenvalue weighted by Crippen LogP contribution is 2.51. The number of carbonyl (C=O) groups is 1. The fourth-order valence-electron chi connectivity index (χ4n) is 2.71. The van der Waals surface area contributed by atoms with Crippen molar-refractivity contribution in [3.05, 3.63) is 0 Å². The Labute approximate surface area is 114 Å². The second kappa shape index (κ2) is 6.22. The third-order valence-electron chi connectivity index (χ3n) is 3.77. The Balaban J connectivity index is 0.000000550. The van der Waals surface area contributed by atoms with Crippen LogP contribution in [0, 0.1) is 5.92 Å². The van der Waals surface area contributed by atoms with Crippen LogP contribution in [0.1, 0.15) is 46.0 Å². The molecule has 0 bridgehead atoms. The number of hydrogen-bond donors (Lipinski definition) is 5. The van der Waals surface area contributed by atoms with Crippen LogP contribution in [0.25, 0.3) is 0 Å². The third-order valence-corrected chi connectivity index (χ3v) is 3.77. The van der Waals surface area contributed by atoms with Crippen LogP contribution < -0.4 is 5.32 Å². The van der Waals surface area contributed by atoms with E-state index >= 15 is 0 Å². The minimum absolute atomic E-state index is 0.119. The Kier molecular flexibility index (Phi) is 5.38. The number of carboxylic acid groups (broad SMARTS) is 1. The molecule has 0 spiro atoms. The first kappa shape index (κ1) is 16.4. The first-order valence-electron chi connectivity index (χ1n) is 6.92. The number of hydrogen-bond acceptors (Lipinski definition) is 5. The van der Waals surface area contributed by atoms with Crippen molar-refractivity contribution in [2.75, 3.05) is 0 Å². The molecule has 1 aliphatic carbocycles. The molecule has 1 aliphatic heterocycles. The maximum Gasteiger partial charge on any atom is 0.451 e. The van der Waals surface area contributed by atoms with E-state index in [-0.39, 0.29) is 12.2 Å². The van der Waals surface area contributed by atoms with Crippen molar-refractivity contribution < 1.29 is 25.1 Å². The molecule has 1 heterocycles. The first-order valence-corrected chi connectivity index (χ1v) is 6.92. The van der Waals surface area contributed by atoms with Gasteiger partial charge < -0.3 is 20.3 Å². The summed E-state index contributed by atoms with van der Waals surface area (Å²) in [7, 11) is -1.34. The van der Waals surface area contributed by atoms with Crippen LogP contribution in [0.5, 0.6) is 0 Å². The quantitative estimate of drug-likeness (QED) is 0.368. The standard InChI is InChI=1S/C9H16BNO5.C3H8/c12-7(13)8-5-6(2-4-10(15)16)1-3-9(8,14)11-8;1-3-2/h6,11,14-16H,1-5H2,(H,12,13);3H2,1-2H3. The van der Waals surface area contributed by atoms with Crippen LogP contribution in [0.3, 0.4) is 0 Å². The van der Waals surface area contributed by atoms with E-state index in [0.717, 1.165) is 0 Å². The largest absolute Gasteiger partial charge is 0.480 e. The Morgan fingerprint density at radius 1 is 1.42 bits per heavy atom.